The van der Waals surface area contributed by atoms with Gasteiger partial charge in [-0.1, -0.05) is 0 Å². The average molecular weight is 264 g/mol. The number of aromatic nitrogens is 4. The van der Waals surface area contributed by atoms with Crippen LogP contribution in [-0.4, -0.2) is 32.7 Å². The van der Waals surface area contributed by atoms with Crippen molar-refractivity contribution < 1.29 is 17.9 Å². The Balaban J connectivity index is 2.18. The first-order valence-corrected chi connectivity index (χ1v) is 4.71. The number of hydrogen-bond acceptors (Lipinski definition) is 4. The van der Waals surface area contributed by atoms with Gasteiger partial charge in [0.1, 0.15) is 24.6 Å². The first kappa shape index (κ1) is 12.4. The Hall–Kier alpha value is -2.10. The third kappa shape index (κ3) is 2.77. The van der Waals surface area contributed by atoms with E-state index in [-0.39, 0.29) is 17.0 Å². The summed E-state index contributed by atoms with van der Waals surface area (Å²) < 4.78 is 39.8. The standard InChI is InChI=1S/C8H7F3N4O3/c9-8(10,11)2-18-1-3-12-4-5(13-3)14-7(17)15-6(4)16/h1-2H2,(H3,12,13,14,15,16,17). The highest BCUT2D eigenvalue weighted by atomic mass is 19.4. The van der Waals surface area contributed by atoms with Crippen LogP contribution in [-0.2, 0) is 11.3 Å². The number of hydrogen-bond donors (Lipinski definition) is 3. The number of imidazole rings is 1. The number of ether oxygens (including phenoxy) is 1. The van der Waals surface area contributed by atoms with Crippen molar-refractivity contribution in [3.8, 4) is 0 Å². The number of alkyl halides is 3. The third-order valence-corrected chi connectivity index (χ3v) is 1.94. The van der Waals surface area contributed by atoms with E-state index in [9.17, 15) is 22.8 Å². The van der Waals surface area contributed by atoms with E-state index in [2.05, 4.69) is 19.7 Å². The second-order valence-electron chi connectivity index (χ2n) is 3.42. The number of aromatic amines is 3. The van der Waals surface area contributed by atoms with E-state index < -0.39 is 30.6 Å². The summed E-state index contributed by atoms with van der Waals surface area (Å²) in [5.74, 6) is 0.0154. The minimum Gasteiger partial charge on any atom is -0.364 e. The zero-order valence-corrected chi connectivity index (χ0v) is 8.72. The minimum atomic E-state index is -4.43. The van der Waals surface area contributed by atoms with Gasteiger partial charge in [-0.25, -0.2) is 9.78 Å². The Kier molecular flexibility index (Phi) is 2.95. The van der Waals surface area contributed by atoms with Crippen molar-refractivity contribution in [1.82, 2.24) is 19.9 Å². The number of nitrogens with one attached hydrogen (secondary N) is 3. The third-order valence-electron chi connectivity index (χ3n) is 1.94. The van der Waals surface area contributed by atoms with Gasteiger partial charge in [0.15, 0.2) is 5.65 Å². The number of H-pyrrole nitrogens is 3. The van der Waals surface area contributed by atoms with Gasteiger partial charge in [0, 0.05) is 0 Å². The molecular weight excluding hydrogens is 257 g/mol. The average Bonchev–Trinajstić information content (AvgIpc) is 2.58. The predicted octanol–water partition coefficient (Wildman–Crippen LogP) is 0.0184. The molecule has 2 aromatic rings. The van der Waals surface area contributed by atoms with E-state index in [0.29, 0.717) is 0 Å². The van der Waals surface area contributed by atoms with E-state index in [1.54, 1.807) is 0 Å². The monoisotopic (exact) mass is 264 g/mol. The molecule has 0 radical (unpaired) electrons. The summed E-state index contributed by atoms with van der Waals surface area (Å²) in [5.41, 5.74) is -1.51. The van der Waals surface area contributed by atoms with Crippen LogP contribution >= 0.6 is 0 Å². The van der Waals surface area contributed by atoms with Crippen LogP contribution in [0.25, 0.3) is 11.2 Å². The molecule has 3 N–H and O–H groups in total. The molecule has 7 nitrogen and oxygen atoms in total. The van der Waals surface area contributed by atoms with Gasteiger partial charge >= 0.3 is 11.9 Å². The van der Waals surface area contributed by atoms with Gasteiger partial charge in [0.25, 0.3) is 5.56 Å². The molecular formula is C8H7F3N4O3. The summed E-state index contributed by atoms with van der Waals surface area (Å²) >= 11 is 0. The summed E-state index contributed by atoms with van der Waals surface area (Å²) in [6.07, 6.45) is -4.43. The molecule has 0 spiro atoms. The lowest BCUT2D eigenvalue weighted by molar-refractivity contribution is -0.177. The van der Waals surface area contributed by atoms with Crippen molar-refractivity contribution in [2.75, 3.05) is 6.61 Å². The van der Waals surface area contributed by atoms with Gasteiger partial charge < -0.3 is 9.72 Å². The Labute approximate surface area is 96.0 Å². The van der Waals surface area contributed by atoms with Crippen molar-refractivity contribution in [3.63, 3.8) is 0 Å². The second kappa shape index (κ2) is 4.29. The summed E-state index contributed by atoms with van der Waals surface area (Å²) in [6.45, 7) is -1.87. The van der Waals surface area contributed by atoms with Crippen molar-refractivity contribution in [2.45, 2.75) is 12.8 Å². The Bertz CT molecular complexity index is 669. The fourth-order valence-electron chi connectivity index (χ4n) is 1.31. The molecule has 0 aliphatic rings. The summed E-state index contributed by atoms with van der Waals surface area (Å²) in [5, 5.41) is 0. The maximum atomic E-state index is 11.8. The first-order chi connectivity index (χ1) is 8.35. The van der Waals surface area contributed by atoms with E-state index in [1.165, 1.54) is 0 Å². The number of halogens is 3. The Morgan fingerprint density at radius 3 is 2.56 bits per heavy atom. The highest BCUT2D eigenvalue weighted by Crippen LogP contribution is 2.15. The highest BCUT2D eigenvalue weighted by Gasteiger charge is 2.27. The van der Waals surface area contributed by atoms with Crippen molar-refractivity contribution >= 4 is 11.2 Å². The molecule has 0 bridgehead atoms. The number of fused-ring (bicyclic) bond motifs is 1. The lowest BCUT2D eigenvalue weighted by Gasteiger charge is -2.05. The van der Waals surface area contributed by atoms with Gasteiger partial charge in [-0.2, -0.15) is 13.2 Å². The van der Waals surface area contributed by atoms with Crippen molar-refractivity contribution in [1.29, 1.82) is 0 Å². The van der Waals surface area contributed by atoms with Crippen LogP contribution in [0.5, 0.6) is 0 Å². The predicted molar refractivity (Wildman–Crippen MR) is 53.0 cm³/mol. The van der Waals surface area contributed by atoms with Gasteiger partial charge in [-0.15, -0.1) is 0 Å². The van der Waals surface area contributed by atoms with Crippen LogP contribution in [0.3, 0.4) is 0 Å². The second-order valence-corrected chi connectivity index (χ2v) is 3.42. The molecule has 2 rings (SSSR count). The molecule has 18 heavy (non-hydrogen) atoms. The van der Waals surface area contributed by atoms with Gasteiger partial charge in [0.2, 0.25) is 0 Å². The smallest absolute Gasteiger partial charge is 0.364 e. The fourth-order valence-corrected chi connectivity index (χ4v) is 1.31. The molecule has 0 amide bonds. The summed E-state index contributed by atoms with van der Waals surface area (Å²) in [6, 6.07) is 0. The molecule has 0 fully saturated rings. The molecule has 0 saturated carbocycles. The van der Waals surface area contributed by atoms with E-state index in [4.69, 9.17) is 0 Å². The SMILES string of the molecule is O=c1[nH]c(=O)c2[nH]c(COCC(F)(F)F)nc2[nH]1. The van der Waals surface area contributed by atoms with E-state index >= 15 is 0 Å². The number of nitrogens with zero attached hydrogens (tertiary/aromatic N) is 1. The zero-order valence-electron chi connectivity index (χ0n) is 8.72. The molecule has 10 heteroatoms. The zero-order chi connectivity index (χ0) is 13.3. The molecule has 0 unspecified atom stereocenters. The van der Waals surface area contributed by atoms with Crippen LogP contribution in [0.2, 0.25) is 0 Å². The van der Waals surface area contributed by atoms with Crippen LogP contribution in [0.1, 0.15) is 5.82 Å². The molecule has 0 atom stereocenters. The molecule has 98 valence electrons. The van der Waals surface area contributed by atoms with Crippen molar-refractivity contribution in [2.24, 2.45) is 0 Å². The topological polar surface area (TPSA) is 104 Å². The highest BCUT2D eigenvalue weighted by molar-refractivity contribution is 5.68. The van der Waals surface area contributed by atoms with E-state index in [0.717, 1.165) is 0 Å². The lowest BCUT2D eigenvalue weighted by atomic mass is 10.5. The minimum absolute atomic E-state index is 0.0154. The van der Waals surface area contributed by atoms with Crippen LogP contribution in [0.4, 0.5) is 13.2 Å². The molecule has 0 aromatic carbocycles. The maximum Gasteiger partial charge on any atom is 0.411 e. The number of rotatable bonds is 3. The summed E-state index contributed by atoms with van der Waals surface area (Å²) in [4.78, 5) is 32.6. The van der Waals surface area contributed by atoms with Crippen molar-refractivity contribution in [3.05, 3.63) is 26.7 Å². The Morgan fingerprint density at radius 2 is 1.89 bits per heavy atom. The van der Waals surface area contributed by atoms with E-state index in [1.807, 2.05) is 4.98 Å². The first-order valence-electron chi connectivity index (χ1n) is 4.71. The fraction of sp³-hybridized carbons (Fsp3) is 0.375. The molecule has 0 aliphatic heterocycles. The molecule has 2 aromatic heterocycles. The van der Waals surface area contributed by atoms with Gasteiger partial charge in [-0.05, 0) is 0 Å². The largest absolute Gasteiger partial charge is 0.411 e. The lowest BCUT2D eigenvalue weighted by Crippen LogP contribution is -2.21. The molecule has 2 heterocycles. The van der Waals surface area contributed by atoms with Crippen LogP contribution in [0, 0.1) is 0 Å². The Morgan fingerprint density at radius 1 is 1.17 bits per heavy atom. The maximum absolute atomic E-state index is 11.8. The van der Waals surface area contributed by atoms with Gasteiger partial charge in [-0.3, -0.25) is 14.8 Å². The van der Waals surface area contributed by atoms with Gasteiger partial charge in [0.05, 0.1) is 0 Å². The molecule has 0 aliphatic carbocycles. The summed E-state index contributed by atoms with van der Waals surface area (Å²) in [7, 11) is 0. The van der Waals surface area contributed by atoms with Crippen LogP contribution in [0.15, 0.2) is 9.59 Å². The molecule has 0 saturated heterocycles. The quantitative estimate of drug-likeness (QED) is 0.726. The van der Waals surface area contributed by atoms with Crippen LogP contribution < -0.4 is 11.2 Å². The normalized spacial score (nSPS) is 12.2.